The number of nitrogens with one attached hydrogen (secondary N) is 2. The lowest BCUT2D eigenvalue weighted by atomic mass is 10.2. The number of rotatable bonds is 3. The van der Waals surface area contributed by atoms with E-state index < -0.39 is 0 Å². The molecule has 0 fully saturated rings. The molecule has 0 bridgehead atoms. The van der Waals surface area contributed by atoms with E-state index in [-0.39, 0.29) is 12.0 Å². The number of guanidine groups is 1. The number of aromatic nitrogens is 1. The number of hydrogen-bond acceptors (Lipinski definition) is 3. The number of urea groups is 1. The maximum Gasteiger partial charge on any atom is 0.323 e. The minimum absolute atomic E-state index is 0.256. The highest BCUT2D eigenvalue weighted by Crippen LogP contribution is 1.99. The summed E-state index contributed by atoms with van der Waals surface area (Å²) in [6, 6.07) is 3.35. The van der Waals surface area contributed by atoms with Crippen LogP contribution in [0, 0.1) is 5.41 Å². The summed E-state index contributed by atoms with van der Waals surface area (Å²) in [5, 5.41) is 9.72. The topological polar surface area (TPSA) is 95.1 Å². The number of hydrogen-bond donors (Lipinski definition) is 3. The Kier molecular flexibility index (Phi) is 4.26. The van der Waals surface area contributed by atoms with E-state index in [1.54, 1.807) is 12.4 Å². The molecule has 6 nitrogen and oxygen atoms in total. The fraction of sp³-hybridized carbons (Fsp3) is 0.300. The van der Waals surface area contributed by atoms with Crippen LogP contribution in [0.2, 0.25) is 0 Å². The monoisotopic (exact) mass is 221 g/mol. The molecule has 1 aromatic rings. The number of amides is 2. The smallest absolute Gasteiger partial charge is 0.323 e. The zero-order valence-electron chi connectivity index (χ0n) is 9.10. The molecule has 0 aliphatic heterocycles. The molecule has 0 aliphatic carbocycles. The van der Waals surface area contributed by atoms with E-state index >= 15 is 0 Å². The van der Waals surface area contributed by atoms with Gasteiger partial charge in [0.25, 0.3) is 0 Å². The van der Waals surface area contributed by atoms with Crippen LogP contribution in [0.15, 0.2) is 24.5 Å². The van der Waals surface area contributed by atoms with E-state index in [2.05, 4.69) is 10.3 Å². The third-order valence-corrected chi connectivity index (χ3v) is 2.12. The Balaban J connectivity index is 2.57. The van der Waals surface area contributed by atoms with Gasteiger partial charge in [0.2, 0.25) is 0 Å². The molecule has 0 spiro atoms. The van der Waals surface area contributed by atoms with Crippen molar-refractivity contribution in [3.63, 3.8) is 0 Å². The molecule has 0 aliphatic rings. The molecule has 6 heteroatoms. The quantitative estimate of drug-likeness (QED) is 0.501. The molecule has 1 heterocycles. The summed E-state index contributed by atoms with van der Waals surface area (Å²) in [7, 11) is 1.50. The largest absolute Gasteiger partial charge is 0.370 e. The average Bonchev–Trinajstić information content (AvgIpc) is 2.30. The number of pyridine rings is 1. The number of carbonyl (C=O) groups excluding carboxylic acids is 1. The number of carbonyl (C=O) groups is 1. The summed E-state index contributed by atoms with van der Waals surface area (Å²) in [5.41, 5.74) is 6.36. The molecule has 2 amide bonds. The van der Waals surface area contributed by atoms with Crippen molar-refractivity contribution in [1.29, 1.82) is 5.41 Å². The SMILES string of the molecule is CNC(=O)N(CCc1ccncc1)C(=N)N. The molecule has 16 heavy (non-hydrogen) atoms. The van der Waals surface area contributed by atoms with Crippen molar-refractivity contribution in [3.8, 4) is 0 Å². The predicted octanol–water partition coefficient (Wildman–Crippen LogP) is 0.159. The maximum atomic E-state index is 11.4. The standard InChI is InChI=1S/C10H15N5O/c1-13-10(16)15(9(11)12)7-4-8-2-5-14-6-3-8/h2-3,5-6H,4,7H2,1H3,(H3,11,12)(H,13,16). The normalized spacial score (nSPS) is 9.56. The highest BCUT2D eigenvalue weighted by atomic mass is 16.2. The first kappa shape index (κ1) is 12.0. The van der Waals surface area contributed by atoms with E-state index in [4.69, 9.17) is 11.1 Å². The average molecular weight is 221 g/mol. The fourth-order valence-electron chi connectivity index (χ4n) is 1.26. The summed E-state index contributed by atoms with van der Waals surface area (Å²) in [6.07, 6.45) is 4.01. The van der Waals surface area contributed by atoms with E-state index in [0.717, 1.165) is 5.56 Å². The van der Waals surface area contributed by atoms with Gasteiger partial charge in [0.15, 0.2) is 5.96 Å². The summed E-state index contributed by atoms with van der Waals surface area (Å²) < 4.78 is 0. The van der Waals surface area contributed by atoms with Crippen LogP contribution < -0.4 is 11.1 Å². The first-order valence-electron chi connectivity index (χ1n) is 4.87. The van der Waals surface area contributed by atoms with Crippen molar-refractivity contribution in [2.75, 3.05) is 13.6 Å². The molecule has 4 N–H and O–H groups in total. The van der Waals surface area contributed by atoms with Gasteiger partial charge in [-0.1, -0.05) is 0 Å². The molecule has 0 radical (unpaired) electrons. The first-order valence-corrected chi connectivity index (χ1v) is 4.87. The number of nitrogens with zero attached hydrogens (tertiary/aromatic N) is 2. The Morgan fingerprint density at radius 2 is 2.19 bits per heavy atom. The second-order valence-electron chi connectivity index (χ2n) is 3.20. The molecule has 0 saturated carbocycles. The summed E-state index contributed by atoms with van der Waals surface area (Å²) >= 11 is 0. The van der Waals surface area contributed by atoms with Crippen LogP contribution in [0.5, 0.6) is 0 Å². The van der Waals surface area contributed by atoms with Gasteiger partial charge in [0, 0.05) is 26.0 Å². The van der Waals surface area contributed by atoms with E-state index in [1.807, 2.05) is 12.1 Å². The highest BCUT2D eigenvalue weighted by Gasteiger charge is 2.13. The Bertz CT molecular complexity index is 365. The van der Waals surface area contributed by atoms with Crippen LogP contribution >= 0.6 is 0 Å². The van der Waals surface area contributed by atoms with Gasteiger partial charge in [-0.2, -0.15) is 0 Å². The van der Waals surface area contributed by atoms with Crippen LogP contribution in [-0.4, -0.2) is 35.5 Å². The van der Waals surface area contributed by atoms with Gasteiger partial charge in [-0.3, -0.25) is 15.3 Å². The zero-order valence-corrected chi connectivity index (χ0v) is 9.10. The highest BCUT2D eigenvalue weighted by molar-refractivity contribution is 5.93. The molecular formula is C10H15N5O. The van der Waals surface area contributed by atoms with E-state index in [1.165, 1.54) is 11.9 Å². The Labute approximate surface area is 94.0 Å². The molecule has 1 aromatic heterocycles. The minimum Gasteiger partial charge on any atom is -0.370 e. The van der Waals surface area contributed by atoms with Crippen molar-refractivity contribution < 1.29 is 4.79 Å². The van der Waals surface area contributed by atoms with Crippen LogP contribution in [0.4, 0.5) is 4.79 Å². The van der Waals surface area contributed by atoms with Crippen molar-refractivity contribution in [3.05, 3.63) is 30.1 Å². The van der Waals surface area contributed by atoms with Crippen LogP contribution in [-0.2, 0) is 6.42 Å². The molecule has 1 rings (SSSR count). The van der Waals surface area contributed by atoms with Crippen molar-refractivity contribution in [2.45, 2.75) is 6.42 Å². The van der Waals surface area contributed by atoms with Crippen LogP contribution in [0.3, 0.4) is 0 Å². The second kappa shape index (κ2) is 5.69. The van der Waals surface area contributed by atoms with Crippen molar-refractivity contribution in [1.82, 2.24) is 15.2 Å². The molecule has 0 atom stereocenters. The molecule has 0 aromatic carbocycles. The maximum absolute atomic E-state index is 11.4. The summed E-state index contributed by atoms with van der Waals surface area (Å²) in [5.74, 6) is -0.256. The van der Waals surface area contributed by atoms with E-state index in [9.17, 15) is 4.79 Å². The molecule has 86 valence electrons. The summed E-state index contributed by atoms with van der Waals surface area (Å²) in [4.78, 5) is 16.4. The zero-order chi connectivity index (χ0) is 12.0. The fourth-order valence-corrected chi connectivity index (χ4v) is 1.26. The van der Waals surface area contributed by atoms with Gasteiger partial charge in [-0.05, 0) is 24.1 Å². The van der Waals surface area contributed by atoms with Gasteiger partial charge >= 0.3 is 6.03 Å². The minimum atomic E-state index is -0.374. The third kappa shape index (κ3) is 3.23. The van der Waals surface area contributed by atoms with Gasteiger partial charge in [0.05, 0.1) is 0 Å². The predicted molar refractivity (Wildman–Crippen MR) is 61.0 cm³/mol. The first-order chi connectivity index (χ1) is 7.65. The van der Waals surface area contributed by atoms with Gasteiger partial charge < -0.3 is 11.1 Å². The molecular weight excluding hydrogens is 206 g/mol. The molecule has 0 unspecified atom stereocenters. The van der Waals surface area contributed by atoms with Crippen LogP contribution in [0.25, 0.3) is 0 Å². The Morgan fingerprint density at radius 1 is 1.56 bits per heavy atom. The van der Waals surface area contributed by atoms with Gasteiger partial charge in [-0.25, -0.2) is 4.79 Å². The molecule has 0 saturated heterocycles. The van der Waals surface area contributed by atoms with Crippen LogP contribution in [0.1, 0.15) is 5.56 Å². The summed E-state index contributed by atoms with van der Waals surface area (Å²) in [6.45, 7) is 0.374. The lowest BCUT2D eigenvalue weighted by Gasteiger charge is -2.19. The van der Waals surface area contributed by atoms with Gasteiger partial charge in [-0.15, -0.1) is 0 Å². The van der Waals surface area contributed by atoms with Crippen molar-refractivity contribution in [2.24, 2.45) is 5.73 Å². The lowest BCUT2D eigenvalue weighted by Crippen LogP contribution is -2.46. The van der Waals surface area contributed by atoms with Gasteiger partial charge in [0.1, 0.15) is 0 Å². The number of nitrogens with two attached hydrogens (primary N) is 1. The van der Waals surface area contributed by atoms with Crippen molar-refractivity contribution >= 4 is 12.0 Å². The third-order valence-electron chi connectivity index (χ3n) is 2.12. The second-order valence-corrected chi connectivity index (χ2v) is 3.20. The Morgan fingerprint density at radius 3 is 2.69 bits per heavy atom. The lowest BCUT2D eigenvalue weighted by molar-refractivity contribution is 0.222. The Hall–Kier alpha value is -2.11. The van der Waals surface area contributed by atoms with E-state index in [0.29, 0.717) is 13.0 Å².